The van der Waals surface area contributed by atoms with Gasteiger partial charge in [-0.25, -0.2) is 4.98 Å². The molecule has 0 aliphatic carbocycles. The Hall–Kier alpha value is -2.15. The van der Waals surface area contributed by atoms with Crippen LogP contribution in [0.4, 0.5) is 0 Å². The first-order valence-electron chi connectivity index (χ1n) is 6.09. The molecule has 0 amide bonds. The van der Waals surface area contributed by atoms with Crippen LogP contribution in [0.2, 0.25) is 0 Å². The van der Waals surface area contributed by atoms with Crippen LogP contribution in [0.3, 0.4) is 0 Å². The van der Waals surface area contributed by atoms with Crippen molar-refractivity contribution >= 4 is 22.7 Å². The minimum atomic E-state index is -0.139. The van der Waals surface area contributed by atoms with Crippen molar-refractivity contribution in [3.05, 3.63) is 46.3 Å². The number of hydrogen-bond donors (Lipinski definition) is 1. The second-order valence-corrected chi connectivity index (χ2v) is 5.61. The van der Waals surface area contributed by atoms with Gasteiger partial charge in [-0.1, -0.05) is 23.9 Å². The molecule has 3 rings (SSSR count). The van der Waals surface area contributed by atoms with Crippen molar-refractivity contribution in [3.8, 4) is 0 Å². The molecule has 2 heterocycles. The highest BCUT2D eigenvalue weighted by molar-refractivity contribution is 7.99. The van der Waals surface area contributed by atoms with Crippen LogP contribution in [-0.2, 0) is 0 Å². The smallest absolute Gasteiger partial charge is 0.277 e. The van der Waals surface area contributed by atoms with E-state index >= 15 is 0 Å². The third kappa shape index (κ3) is 2.44. The Kier molecular flexibility index (Phi) is 3.27. The van der Waals surface area contributed by atoms with E-state index in [4.69, 9.17) is 4.42 Å². The summed E-state index contributed by atoms with van der Waals surface area (Å²) in [6, 6.07) is 7.25. The van der Waals surface area contributed by atoms with Crippen molar-refractivity contribution in [1.82, 2.24) is 20.2 Å². The fraction of sp³-hybridized carbons (Fsp3) is 0.231. The number of aryl methyl sites for hydroxylation is 1. The quantitative estimate of drug-likeness (QED) is 0.745. The average molecular weight is 288 g/mol. The van der Waals surface area contributed by atoms with Crippen molar-refractivity contribution in [1.29, 1.82) is 0 Å². The Morgan fingerprint density at radius 1 is 1.30 bits per heavy atom. The van der Waals surface area contributed by atoms with Gasteiger partial charge in [0.25, 0.3) is 10.8 Å². The summed E-state index contributed by atoms with van der Waals surface area (Å²) in [6.45, 7) is 3.66. The van der Waals surface area contributed by atoms with E-state index in [0.29, 0.717) is 27.8 Å². The number of nitrogens with zero attached hydrogens (tertiary/aromatic N) is 3. The molecule has 0 fully saturated rings. The van der Waals surface area contributed by atoms with E-state index in [1.54, 1.807) is 13.0 Å². The van der Waals surface area contributed by atoms with Crippen LogP contribution < -0.4 is 5.56 Å². The molecular formula is C13H12N4O2S. The van der Waals surface area contributed by atoms with Crippen molar-refractivity contribution in [3.63, 3.8) is 0 Å². The standard InChI is InChI=1S/C13H12N4O2S/c1-7(20-13-17-16-8(2)19-13)11-14-10-6-4-3-5-9(10)12(18)15-11/h3-7H,1-2H3,(H,14,15,18). The van der Waals surface area contributed by atoms with Crippen LogP contribution >= 0.6 is 11.8 Å². The van der Waals surface area contributed by atoms with E-state index in [1.807, 2.05) is 25.1 Å². The molecule has 2 aromatic heterocycles. The van der Waals surface area contributed by atoms with E-state index in [2.05, 4.69) is 20.2 Å². The molecule has 1 aromatic carbocycles. The van der Waals surface area contributed by atoms with Crippen LogP contribution in [0.15, 0.2) is 38.7 Å². The number of nitrogens with one attached hydrogen (secondary N) is 1. The maximum Gasteiger partial charge on any atom is 0.277 e. The first-order valence-corrected chi connectivity index (χ1v) is 6.97. The second-order valence-electron chi connectivity index (χ2n) is 4.32. The van der Waals surface area contributed by atoms with Crippen molar-refractivity contribution in [2.45, 2.75) is 24.3 Å². The third-order valence-corrected chi connectivity index (χ3v) is 3.74. The molecule has 0 aliphatic heterocycles. The molecule has 0 saturated heterocycles. The lowest BCUT2D eigenvalue weighted by atomic mass is 10.2. The minimum Gasteiger partial charge on any atom is -0.416 e. The number of para-hydroxylation sites is 1. The predicted octanol–water partition coefficient (Wildman–Crippen LogP) is 2.47. The fourth-order valence-corrected chi connectivity index (χ4v) is 2.61. The normalized spacial score (nSPS) is 12.7. The fourth-order valence-electron chi connectivity index (χ4n) is 1.83. The molecule has 1 N–H and O–H groups in total. The SMILES string of the molecule is Cc1nnc(SC(C)c2nc3ccccc3c(=O)[nH]2)o1. The topological polar surface area (TPSA) is 84.7 Å². The molecule has 1 atom stereocenters. The van der Waals surface area contributed by atoms with Gasteiger partial charge in [0, 0.05) is 6.92 Å². The zero-order valence-electron chi connectivity index (χ0n) is 11.0. The van der Waals surface area contributed by atoms with Crippen LogP contribution in [0.25, 0.3) is 10.9 Å². The number of hydrogen-bond acceptors (Lipinski definition) is 6. The lowest BCUT2D eigenvalue weighted by Crippen LogP contribution is -2.12. The molecule has 0 radical (unpaired) electrons. The summed E-state index contributed by atoms with van der Waals surface area (Å²) >= 11 is 1.36. The molecule has 1 unspecified atom stereocenters. The highest BCUT2D eigenvalue weighted by atomic mass is 32.2. The van der Waals surface area contributed by atoms with Crippen LogP contribution in [0.5, 0.6) is 0 Å². The van der Waals surface area contributed by atoms with Crippen molar-refractivity contribution in [2.75, 3.05) is 0 Å². The highest BCUT2D eigenvalue weighted by Gasteiger charge is 2.15. The van der Waals surface area contributed by atoms with E-state index in [9.17, 15) is 4.79 Å². The number of aromatic nitrogens is 4. The number of H-pyrrole nitrogens is 1. The molecular weight excluding hydrogens is 276 g/mol. The van der Waals surface area contributed by atoms with Gasteiger partial charge < -0.3 is 9.40 Å². The molecule has 3 aromatic rings. The lowest BCUT2D eigenvalue weighted by molar-refractivity contribution is 0.428. The lowest BCUT2D eigenvalue weighted by Gasteiger charge is -2.08. The molecule has 102 valence electrons. The van der Waals surface area contributed by atoms with Crippen LogP contribution in [0.1, 0.15) is 23.9 Å². The Labute approximate surface area is 118 Å². The van der Waals surface area contributed by atoms with Gasteiger partial charge in [-0.15, -0.1) is 10.2 Å². The average Bonchev–Trinajstić information content (AvgIpc) is 2.84. The maximum absolute atomic E-state index is 12.0. The Morgan fingerprint density at radius 2 is 2.10 bits per heavy atom. The molecule has 20 heavy (non-hydrogen) atoms. The molecule has 6 nitrogen and oxygen atoms in total. The zero-order valence-corrected chi connectivity index (χ0v) is 11.8. The van der Waals surface area contributed by atoms with E-state index < -0.39 is 0 Å². The summed E-state index contributed by atoms with van der Waals surface area (Å²) < 4.78 is 5.31. The summed E-state index contributed by atoms with van der Waals surface area (Å²) in [7, 11) is 0. The van der Waals surface area contributed by atoms with Crippen molar-refractivity contribution < 1.29 is 4.42 Å². The summed E-state index contributed by atoms with van der Waals surface area (Å²) in [4.78, 5) is 19.3. The van der Waals surface area contributed by atoms with Gasteiger partial charge in [-0.2, -0.15) is 0 Å². The Bertz CT molecular complexity index is 811. The summed E-state index contributed by atoms with van der Waals surface area (Å²) in [5.41, 5.74) is 0.542. The van der Waals surface area contributed by atoms with Crippen LogP contribution in [-0.4, -0.2) is 20.2 Å². The first-order chi connectivity index (χ1) is 9.63. The van der Waals surface area contributed by atoms with Crippen molar-refractivity contribution in [2.24, 2.45) is 0 Å². The van der Waals surface area contributed by atoms with E-state index in [-0.39, 0.29) is 10.8 Å². The van der Waals surface area contributed by atoms with Crippen LogP contribution in [0, 0.1) is 6.92 Å². The number of aromatic amines is 1. The minimum absolute atomic E-state index is 0.0906. The van der Waals surface area contributed by atoms with Gasteiger partial charge in [0.1, 0.15) is 5.82 Å². The third-order valence-electron chi connectivity index (χ3n) is 2.80. The Balaban J connectivity index is 1.95. The van der Waals surface area contributed by atoms with E-state index in [1.165, 1.54) is 11.8 Å². The molecule has 0 spiro atoms. The Morgan fingerprint density at radius 3 is 2.85 bits per heavy atom. The summed E-state index contributed by atoms with van der Waals surface area (Å²) in [5, 5.41) is 8.65. The zero-order chi connectivity index (χ0) is 14.1. The van der Waals surface area contributed by atoms with Gasteiger partial charge in [0.05, 0.1) is 16.2 Å². The molecule has 0 saturated carbocycles. The van der Waals surface area contributed by atoms with Gasteiger partial charge >= 0.3 is 0 Å². The second kappa shape index (κ2) is 5.09. The number of benzene rings is 1. The molecule has 0 aliphatic rings. The number of thioether (sulfide) groups is 1. The van der Waals surface area contributed by atoms with Gasteiger partial charge in [0.15, 0.2) is 0 Å². The first kappa shape index (κ1) is 12.9. The molecule has 7 heteroatoms. The summed E-state index contributed by atoms with van der Waals surface area (Å²) in [6.07, 6.45) is 0. The maximum atomic E-state index is 12.0. The van der Waals surface area contributed by atoms with Gasteiger partial charge in [-0.3, -0.25) is 4.79 Å². The number of rotatable bonds is 3. The predicted molar refractivity (Wildman–Crippen MR) is 75.7 cm³/mol. The van der Waals surface area contributed by atoms with Gasteiger partial charge in [0.2, 0.25) is 5.89 Å². The van der Waals surface area contributed by atoms with Gasteiger partial charge in [-0.05, 0) is 19.1 Å². The highest BCUT2D eigenvalue weighted by Crippen LogP contribution is 2.31. The van der Waals surface area contributed by atoms with E-state index in [0.717, 1.165) is 0 Å². The number of fused-ring (bicyclic) bond motifs is 1. The summed E-state index contributed by atoms with van der Waals surface area (Å²) in [5.74, 6) is 1.11. The monoisotopic (exact) mass is 288 g/mol. The molecule has 0 bridgehead atoms. The largest absolute Gasteiger partial charge is 0.416 e.